The van der Waals surface area contributed by atoms with Crippen molar-refractivity contribution in [1.82, 2.24) is 10.3 Å². The van der Waals surface area contributed by atoms with Gasteiger partial charge in [0.2, 0.25) is 0 Å². The minimum Gasteiger partial charge on any atom is -0.486 e. The molecule has 0 aliphatic carbocycles. The zero-order chi connectivity index (χ0) is 20.2. The molecule has 0 bridgehead atoms. The number of nitrogens with one attached hydrogen (secondary N) is 1. The van der Waals surface area contributed by atoms with Crippen LogP contribution in [0.3, 0.4) is 0 Å². The van der Waals surface area contributed by atoms with Gasteiger partial charge in [-0.3, -0.25) is 10.7 Å². The number of anilines is 1. The van der Waals surface area contributed by atoms with Gasteiger partial charge in [-0.1, -0.05) is 12.1 Å². The van der Waals surface area contributed by atoms with E-state index in [1.165, 1.54) is 12.1 Å². The molecule has 1 saturated heterocycles. The number of nitrogens with zero attached hydrogens (tertiary/aromatic N) is 4. The lowest BCUT2D eigenvalue weighted by Gasteiger charge is -2.29. The van der Waals surface area contributed by atoms with E-state index in [-0.39, 0.29) is 17.6 Å². The fourth-order valence-corrected chi connectivity index (χ4v) is 3.36. The average Bonchev–Trinajstić information content (AvgIpc) is 2.75. The van der Waals surface area contributed by atoms with Crippen molar-refractivity contribution in [1.29, 1.82) is 5.26 Å². The number of piperidine rings is 1. The van der Waals surface area contributed by atoms with E-state index in [2.05, 4.69) is 21.4 Å². The first-order valence-electron chi connectivity index (χ1n) is 9.46. The Morgan fingerprint density at radius 2 is 2.14 bits per heavy atom. The summed E-state index contributed by atoms with van der Waals surface area (Å²) in [6.07, 6.45) is 6.37. The molecule has 2 aliphatic rings. The van der Waals surface area contributed by atoms with Crippen molar-refractivity contribution < 1.29 is 9.13 Å². The summed E-state index contributed by atoms with van der Waals surface area (Å²) in [5, 5.41) is 12.7. The molecule has 2 aliphatic heterocycles. The quantitative estimate of drug-likeness (QED) is 0.829. The van der Waals surface area contributed by atoms with Gasteiger partial charge in [0.15, 0.2) is 17.7 Å². The van der Waals surface area contributed by atoms with E-state index in [4.69, 9.17) is 10.5 Å². The highest BCUT2D eigenvalue weighted by atomic mass is 19.1. The van der Waals surface area contributed by atoms with Crippen molar-refractivity contribution in [3.05, 3.63) is 59.8 Å². The molecular formula is C21H21FN6O. The number of hydrogen-bond donors (Lipinski definition) is 2. The Bertz CT molecular complexity index is 976. The zero-order valence-electron chi connectivity index (χ0n) is 15.8. The SMILES string of the molecule is N#Cc1ncc(N2C=C(c3ccc(F)cc3)C=NC2N)cc1OC1CCCNC1. The number of aromatic nitrogens is 1. The summed E-state index contributed by atoms with van der Waals surface area (Å²) in [5.74, 6) is 0.128. The van der Waals surface area contributed by atoms with Crippen LogP contribution in [-0.4, -0.2) is 36.7 Å². The van der Waals surface area contributed by atoms with Gasteiger partial charge in [-0.25, -0.2) is 9.37 Å². The van der Waals surface area contributed by atoms with E-state index < -0.39 is 6.29 Å². The molecule has 8 heteroatoms. The Balaban J connectivity index is 1.63. The minimum atomic E-state index is -0.641. The van der Waals surface area contributed by atoms with E-state index in [1.807, 2.05) is 6.20 Å². The molecule has 0 radical (unpaired) electrons. The van der Waals surface area contributed by atoms with Gasteiger partial charge >= 0.3 is 0 Å². The third-order valence-electron chi connectivity index (χ3n) is 4.89. The molecule has 0 spiro atoms. The van der Waals surface area contributed by atoms with Crippen LogP contribution >= 0.6 is 0 Å². The monoisotopic (exact) mass is 392 g/mol. The number of halogens is 1. The number of nitriles is 1. The maximum atomic E-state index is 13.2. The van der Waals surface area contributed by atoms with E-state index >= 15 is 0 Å². The number of rotatable bonds is 4. The smallest absolute Gasteiger partial charge is 0.182 e. The fraction of sp³-hybridized carbons (Fsp3) is 0.286. The molecule has 3 N–H and O–H groups in total. The minimum absolute atomic E-state index is 0.00808. The van der Waals surface area contributed by atoms with Gasteiger partial charge in [-0.15, -0.1) is 0 Å². The maximum absolute atomic E-state index is 13.2. The van der Waals surface area contributed by atoms with Gasteiger partial charge in [0.25, 0.3) is 0 Å². The number of hydrogen-bond acceptors (Lipinski definition) is 7. The zero-order valence-corrected chi connectivity index (χ0v) is 15.8. The standard InChI is InChI=1S/C21H21FN6O/c22-16-5-3-14(4-6-16)15-10-27-21(24)28(13-15)17-8-20(19(9-23)26-11-17)29-18-2-1-7-25-12-18/h3-6,8,10-11,13,18,21,25H,1-2,7,12,24H2. The van der Waals surface area contributed by atoms with Gasteiger partial charge < -0.3 is 15.0 Å². The summed E-state index contributed by atoms with van der Waals surface area (Å²) in [6, 6.07) is 10.0. The van der Waals surface area contributed by atoms with Crippen molar-refractivity contribution >= 4 is 17.5 Å². The second-order valence-electron chi connectivity index (χ2n) is 6.93. The van der Waals surface area contributed by atoms with Crippen LogP contribution in [-0.2, 0) is 0 Å². The highest BCUT2D eigenvalue weighted by Crippen LogP contribution is 2.29. The van der Waals surface area contributed by atoms with Gasteiger partial charge in [0.05, 0.1) is 11.9 Å². The molecule has 2 atom stereocenters. The van der Waals surface area contributed by atoms with Crippen molar-refractivity contribution in [3.8, 4) is 11.8 Å². The average molecular weight is 392 g/mol. The summed E-state index contributed by atoms with van der Waals surface area (Å²) in [7, 11) is 0. The Morgan fingerprint density at radius 1 is 1.31 bits per heavy atom. The molecule has 1 fully saturated rings. The van der Waals surface area contributed by atoms with Crippen molar-refractivity contribution in [2.45, 2.75) is 25.2 Å². The Kier molecular flexibility index (Phi) is 5.51. The summed E-state index contributed by atoms with van der Waals surface area (Å²) in [6.45, 7) is 1.71. The number of ether oxygens (including phenoxy) is 1. The molecule has 3 heterocycles. The van der Waals surface area contributed by atoms with Crippen LogP contribution in [0.15, 0.2) is 47.7 Å². The first-order chi connectivity index (χ1) is 14.1. The summed E-state index contributed by atoms with van der Waals surface area (Å²) >= 11 is 0. The van der Waals surface area contributed by atoms with Crippen LogP contribution < -0.4 is 20.7 Å². The lowest BCUT2D eigenvalue weighted by Crippen LogP contribution is -2.39. The summed E-state index contributed by atoms with van der Waals surface area (Å²) < 4.78 is 19.3. The molecule has 4 rings (SSSR count). The highest BCUT2D eigenvalue weighted by molar-refractivity contribution is 6.11. The van der Waals surface area contributed by atoms with Crippen molar-refractivity contribution in [2.75, 3.05) is 18.0 Å². The first-order valence-corrected chi connectivity index (χ1v) is 9.46. The molecule has 7 nitrogen and oxygen atoms in total. The molecule has 2 aromatic rings. The molecular weight excluding hydrogens is 371 g/mol. The molecule has 1 aromatic heterocycles. The topological polar surface area (TPSA) is 99.6 Å². The third-order valence-corrected chi connectivity index (χ3v) is 4.89. The fourth-order valence-electron chi connectivity index (χ4n) is 3.36. The van der Waals surface area contributed by atoms with E-state index in [9.17, 15) is 9.65 Å². The molecule has 0 saturated carbocycles. The van der Waals surface area contributed by atoms with Crippen LogP contribution in [0.4, 0.5) is 10.1 Å². The first kappa shape index (κ1) is 19.1. The van der Waals surface area contributed by atoms with E-state index in [0.717, 1.165) is 37.1 Å². The second-order valence-corrected chi connectivity index (χ2v) is 6.93. The molecule has 0 amide bonds. The summed E-state index contributed by atoms with van der Waals surface area (Å²) in [4.78, 5) is 10.3. The van der Waals surface area contributed by atoms with Gasteiger partial charge in [-0.2, -0.15) is 5.26 Å². The number of aliphatic imine (C=N–C) groups is 1. The van der Waals surface area contributed by atoms with Crippen molar-refractivity contribution in [3.63, 3.8) is 0 Å². The lowest BCUT2D eigenvalue weighted by molar-refractivity contribution is 0.166. The van der Waals surface area contributed by atoms with Gasteiger partial charge in [0.1, 0.15) is 18.0 Å². The number of pyridine rings is 1. The Hall–Kier alpha value is -3.28. The summed E-state index contributed by atoms with van der Waals surface area (Å²) in [5.41, 5.74) is 8.66. The molecule has 148 valence electrons. The largest absolute Gasteiger partial charge is 0.486 e. The number of nitrogens with two attached hydrogens (primary N) is 1. The molecule has 2 unspecified atom stereocenters. The Morgan fingerprint density at radius 3 is 2.86 bits per heavy atom. The van der Waals surface area contributed by atoms with E-state index in [1.54, 1.807) is 35.5 Å². The van der Waals surface area contributed by atoms with Crippen LogP contribution in [0.5, 0.6) is 5.75 Å². The third kappa shape index (κ3) is 4.26. The van der Waals surface area contributed by atoms with E-state index in [0.29, 0.717) is 11.4 Å². The molecule has 1 aromatic carbocycles. The van der Waals surface area contributed by atoms with Crippen LogP contribution in [0.1, 0.15) is 24.1 Å². The van der Waals surface area contributed by atoms with Crippen LogP contribution in [0.25, 0.3) is 5.57 Å². The maximum Gasteiger partial charge on any atom is 0.182 e. The second kappa shape index (κ2) is 8.39. The van der Waals surface area contributed by atoms with Crippen molar-refractivity contribution in [2.24, 2.45) is 10.7 Å². The number of benzene rings is 1. The van der Waals surface area contributed by atoms with Gasteiger partial charge in [-0.05, 0) is 37.1 Å². The predicted molar refractivity (Wildman–Crippen MR) is 109 cm³/mol. The normalized spacial score (nSPS) is 21.4. The van der Waals surface area contributed by atoms with Gasteiger partial charge in [0, 0.05) is 30.6 Å². The Labute approximate surface area is 168 Å². The van der Waals surface area contributed by atoms with Crippen LogP contribution in [0.2, 0.25) is 0 Å². The number of allylic oxidation sites excluding steroid dienone is 1. The highest BCUT2D eigenvalue weighted by Gasteiger charge is 2.21. The molecule has 29 heavy (non-hydrogen) atoms. The van der Waals surface area contributed by atoms with Crippen LogP contribution in [0, 0.1) is 17.1 Å². The predicted octanol–water partition coefficient (Wildman–Crippen LogP) is 2.40. The lowest BCUT2D eigenvalue weighted by atomic mass is 10.1.